The lowest BCUT2D eigenvalue weighted by molar-refractivity contribution is -0.123. The second kappa shape index (κ2) is 8.76. The van der Waals surface area contributed by atoms with Crippen LogP contribution in [0.5, 0.6) is 0 Å². The summed E-state index contributed by atoms with van der Waals surface area (Å²) in [5.74, 6) is -1.19. The first kappa shape index (κ1) is 20.6. The molecule has 1 amide bonds. The predicted octanol–water partition coefficient (Wildman–Crippen LogP) is 1.66. The van der Waals surface area contributed by atoms with Crippen molar-refractivity contribution >= 4 is 27.6 Å². The standard InChI is InChI=1S/C18H20N2O6S/c1-12(26-18(22)14-5-3-4-13(10-14)11-25-2)17(21)20-15-6-8-16(9-7-15)27(19,23)24/h3-10,12H,11H2,1-2H3,(H,20,21)(H2,19,23,24). The Hall–Kier alpha value is -2.75. The van der Waals surface area contributed by atoms with E-state index in [-0.39, 0.29) is 4.90 Å². The molecule has 0 radical (unpaired) electrons. The second-order valence-electron chi connectivity index (χ2n) is 5.74. The average molecular weight is 392 g/mol. The highest BCUT2D eigenvalue weighted by Gasteiger charge is 2.19. The van der Waals surface area contributed by atoms with Gasteiger partial charge in [-0.2, -0.15) is 0 Å². The minimum Gasteiger partial charge on any atom is -0.449 e. The molecule has 8 nitrogen and oxygen atoms in total. The lowest BCUT2D eigenvalue weighted by atomic mass is 10.1. The Balaban J connectivity index is 1.99. The average Bonchev–Trinajstić information content (AvgIpc) is 2.62. The molecule has 1 atom stereocenters. The summed E-state index contributed by atoms with van der Waals surface area (Å²) >= 11 is 0. The minimum atomic E-state index is -3.81. The number of sulfonamides is 1. The summed E-state index contributed by atoms with van der Waals surface area (Å²) in [5.41, 5.74) is 1.46. The number of anilines is 1. The van der Waals surface area contributed by atoms with Gasteiger partial charge in [0.05, 0.1) is 17.1 Å². The van der Waals surface area contributed by atoms with Crippen LogP contribution in [0.25, 0.3) is 0 Å². The fourth-order valence-electron chi connectivity index (χ4n) is 2.21. The molecule has 9 heteroatoms. The van der Waals surface area contributed by atoms with Gasteiger partial charge >= 0.3 is 5.97 Å². The third-order valence-corrected chi connectivity index (χ3v) is 4.51. The number of carbonyl (C=O) groups excluding carboxylic acids is 2. The zero-order valence-corrected chi connectivity index (χ0v) is 15.7. The molecule has 0 heterocycles. The number of carbonyl (C=O) groups is 2. The molecule has 0 bridgehead atoms. The maximum Gasteiger partial charge on any atom is 0.338 e. The number of methoxy groups -OCH3 is 1. The largest absolute Gasteiger partial charge is 0.449 e. The fourth-order valence-corrected chi connectivity index (χ4v) is 2.72. The topological polar surface area (TPSA) is 125 Å². The normalized spacial score (nSPS) is 12.3. The summed E-state index contributed by atoms with van der Waals surface area (Å²) in [6.07, 6.45) is -1.05. The molecule has 0 saturated heterocycles. The highest BCUT2D eigenvalue weighted by Crippen LogP contribution is 2.14. The van der Waals surface area contributed by atoms with Gasteiger partial charge < -0.3 is 14.8 Å². The van der Waals surface area contributed by atoms with Gasteiger partial charge in [-0.15, -0.1) is 0 Å². The van der Waals surface area contributed by atoms with Crippen LogP contribution in [-0.2, 0) is 30.9 Å². The van der Waals surface area contributed by atoms with Crippen molar-refractivity contribution in [3.8, 4) is 0 Å². The first-order valence-electron chi connectivity index (χ1n) is 7.93. The molecular weight excluding hydrogens is 372 g/mol. The zero-order valence-electron chi connectivity index (χ0n) is 14.8. The third kappa shape index (κ3) is 5.88. The van der Waals surface area contributed by atoms with Crippen LogP contribution < -0.4 is 10.5 Å². The van der Waals surface area contributed by atoms with E-state index in [0.717, 1.165) is 5.56 Å². The number of hydrogen-bond acceptors (Lipinski definition) is 6. The monoisotopic (exact) mass is 392 g/mol. The summed E-state index contributed by atoms with van der Waals surface area (Å²) in [5, 5.41) is 7.55. The van der Waals surface area contributed by atoms with E-state index in [4.69, 9.17) is 14.6 Å². The maximum atomic E-state index is 12.2. The quantitative estimate of drug-likeness (QED) is 0.691. The van der Waals surface area contributed by atoms with Gasteiger partial charge in [-0.25, -0.2) is 18.4 Å². The molecule has 0 spiro atoms. The number of benzene rings is 2. The molecule has 0 saturated carbocycles. The van der Waals surface area contributed by atoms with Crippen molar-refractivity contribution in [2.45, 2.75) is 24.5 Å². The summed E-state index contributed by atoms with van der Waals surface area (Å²) in [6, 6.07) is 12.0. The number of hydrogen-bond donors (Lipinski definition) is 2. The molecule has 3 N–H and O–H groups in total. The van der Waals surface area contributed by atoms with E-state index in [9.17, 15) is 18.0 Å². The van der Waals surface area contributed by atoms with E-state index >= 15 is 0 Å². The number of amides is 1. The molecule has 27 heavy (non-hydrogen) atoms. The van der Waals surface area contributed by atoms with E-state index in [0.29, 0.717) is 17.9 Å². The molecular formula is C18H20N2O6S. The van der Waals surface area contributed by atoms with Gasteiger partial charge in [0, 0.05) is 12.8 Å². The highest BCUT2D eigenvalue weighted by atomic mass is 32.2. The zero-order chi connectivity index (χ0) is 20.0. The minimum absolute atomic E-state index is 0.0732. The predicted molar refractivity (Wildman–Crippen MR) is 98.5 cm³/mol. The van der Waals surface area contributed by atoms with Gasteiger partial charge in [-0.3, -0.25) is 4.79 Å². The fraction of sp³-hybridized carbons (Fsp3) is 0.222. The molecule has 0 aliphatic carbocycles. The van der Waals surface area contributed by atoms with E-state index in [2.05, 4.69) is 5.32 Å². The van der Waals surface area contributed by atoms with Gasteiger partial charge in [-0.05, 0) is 48.9 Å². The number of nitrogens with one attached hydrogen (secondary N) is 1. The summed E-state index contributed by atoms with van der Waals surface area (Å²) < 4.78 is 32.6. The SMILES string of the molecule is COCc1cccc(C(=O)OC(C)C(=O)Nc2ccc(S(N)(=O)=O)cc2)c1. The van der Waals surface area contributed by atoms with Crippen LogP contribution in [0.15, 0.2) is 53.4 Å². The molecule has 0 aromatic heterocycles. The first-order valence-corrected chi connectivity index (χ1v) is 9.48. The number of nitrogens with two attached hydrogens (primary N) is 1. The van der Waals surface area contributed by atoms with E-state index in [1.165, 1.54) is 31.2 Å². The summed E-state index contributed by atoms with van der Waals surface area (Å²) in [6.45, 7) is 1.79. The Bertz CT molecular complexity index is 925. The summed E-state index contributed by atoms with van der Waals surface area (Å²) in [4.78, 5) is 24.3. The molecule has 0 aliphatic heterocycles. The van der Waals surface area contributed by atoms with Gasteiger partial charge in [-0.1, -0.05) is 12.1 Å². The third-order valence-electron chi connectivity index (χ3n) is 3.58. The lowest BCUT2D eigenvalue weighted by Gasteiger charge is -2.14. The van der Waals surface area contributed by atoms with Crippen LogP contribution >= 0.6 is 0 Å². The van der Waals surface area contributed by atoms with Crippen molar-refractivity contribution in [2.24, 2.45) is 5.14 Å². The van der Waals surface area contributed by atoms with Crippen LogP contribution in [0.4, 0.5) is 5.69 Å². The second-order valence-corrected chi connectivity index (χ2v) is 7.30. The van der Waals surface area contributed by atoms with E-state index in [1.807, 2.05) is 6.07 Å². The van der Waals surface area contributed by atoms with Crippen molar-refractivity contribution < 1.29 is 27.5 Å². The maximum absolute atomic E-state index is 12.2. The van der Waals surface area contributed by atoms with E-state index in [1.54, 1.807) is 25.3 Å². The van der Waals surface area contributed by atoms with Crippen molar-refractivity contribution in [3.05, 3.63) is 59.7 Å². The van der Waals surface area contributed by atoms with Crippen LogP contribution in [0, 0.1) is 0 Å². The van der Waals surface area contributed by atoms with Crippen molar-refractivity contribution in [1.82, 2.24) is 0 Å². The van der Waals surface area contributed by atoms with E-state index < -0.39 is 28.0 Å². The molecule has 0 aliphatic rings. The van der Waals surface area contributed by atoms with Gasteiger partial charge in [0.1, 0.15) is 0 Å². The molecule has 2 aromatic rings. The van der Waals surface area contributed by atoms with Crippen molar-refractivity contribution in [2.75, 3.05) is 12.4 Å². The number of rotatable bonds is 7. The number of ether oxygens (including phenoxy) is 2. The molecule has 0 fully saturated rings. The molecule has 2 aromatic carbocycles. The molecule has 144 valence electrons. The smallest absolute Gasteiger partial charge is 0.338 e. The Morgan fingerprint density at radius 1 is 1.15 bits per heavy atom. The summed E-state index contributed by atoms with van der Waals surface area (Å²) in [7, 11) is -2.26. The van der Waals surface area contributed by atoms with Gasteiger partial charge in [0.15, 0.2) is 6.10 Å². The van der Waals surface area contributed by atoms with Crippen LogP contribution in [-0.4, -0.2) is 33.5 Å². The molecule has 2 rings (SSSR count). The van der Waals surface area contributed by atoms with Crippen LogP contribution in [0.1, 0.15) is 22.8 Å². The van der Waals surface area contributed by atoms with Gasteiger partial charge in [0.2, 0.25) is 10.0 Å². The lowest BCUT2D eigenvalue weighted by Crippen LogP contribution is -2.30. The van der Waals surface area contributed by atoms with Crippen LogP contribution in [0.2, 0.25) is 0 Å². The first-order chi connectivity index (χ1) is 12.7. The Morgan fingerprint density at radius 3 is 2.41 bits per heavy atom. The Labute approximate surface area is 157 Å². The Kier molecular flexibility index (Phi) is 6.67. The van der Waals surface area contributed by atoms with Crippen LogP contribution in [0.3, 0.4) is 0 Å². The molecule has 1 unspecified atom stereocenters. The number of primary sulfonamides is 1. The highest BCUT2D eigenvalue weighted by molar-refractivity contribution is 7.89. The van der Waals surface area contributed by atoms with Crippen molar-refractivity contribution in [1.29, 1.82) is 0 Å². The Morgan fingerprint density at radius 2 is 1.81 bits per heavy atom. The van der Waals surface area contributed by atoms with Gasteiger partial charge in [0.25, 0.3) is 5.91 Å². The number of esters is 1. The van der Waals surface area contributed by atoms with Crippen molar-refractivity contribution in [3.63, 3.8) is 0 Å².